The first-order valence-electron chi connectivity index (χ1n) is 13.1. The highest BCUT2D eigenvalue weighted by Gasteiger charge is 2.66. The van der Waals surface area contributed by atoms with Gasteiger partial charge in [-0.05, 0) is 133 Å². The lowest BCUT2D eigenvalue weighted by molar-refractivity contribution is -0.112. The Labute approximate surface area is 182 Å². The van der Waals surface area contributed by atoms with E-state index < -0.39 is 0 Å². The molecule has 4 atom stereocenters. The molecule has 8 fully saturated rings. The Morgan fingerprint density at radius 3 is 1.10 bits per heavy atom. The Kier molecular flexibility index (Phi) is 3.92. The third kappa shape index (κ3) is 2.79. The summed E-state index contributed by atoms with van der Waals surface area (Å²) >= 11 is 0. The van der Waals surface area contributed by atoms with Gasteiger partial charge in [-0.25, -0.2) is 0 Å². The quantitative estimate of drug-likeness (QED) is 0.398. The van der Waals surface area contributed by atoms with Gasteiger partial charge in [0.25, 0.3) is 0 Å². The summed E-state index contributed by atoms with van der Waals surface area (Å²) in [4.78, 5) is 0. The van der Waals surface area contributed by atoms with Gasteiger partial charge in [0.15, 0.2) is 0 Å². The molecule has 0 aromatic rings. The summed E-state index contributed by atoms with van der Waals surface area (Å²) < 4.78 is 0. The van der Waals surface area contributed by atoms with Crippen LogP contribution in [0.3, 0.4) is 0 Å². The van der Waals surface area contributed by atoms with Crippen molar-refractivity contribution in [3.8, 4) is 0 Å². The fourth-order valence-electron chi connectivity index (χ4n) is 11.1. The summed E-state index contributed by atoms with van der Waals surface area (Å²) in [5.41, 5.74) is 2.37. The van der Waals surface area contributed by atoms with Crippen LogP contribution in [0.5, 0.6) is 0 Å². The lowest BCUT2D eigenvalue weighted by Gasteiger charge is -2.71. The van der Waals surface area contributed by atoms with Crippen molar-refractivity contribution in [2.75, 3.05) is 0 Å². The Balaban J connectivity index is 1.35. The molecule has 0 aromatic carbocycles. The van der Waals surface area contributed by atoms with Crippen LogP contribution in [0.15, 0.2) is 0 Å². The molecule has 0 spiro atoms. The van der Waals surface area contributed by atoms with Crippen molar-refractivity contribution >= 4 is 8.58 Å². The van der Waals surface area contributed by atoms with Crippen LogP contribution in [-0.2, 0) is 0 Å². The first kappa shape index (κ1) is 20.1. The van der Waals surface area contributed by atoms with Crippen LogP contribution in [0.2, 0.25) is 0 Å². The summed E-state index contributed by atoms with van der Waals surface area (Å²) in [5, 5.41) is 1.50. The largest absolute Gasteiger partial charge is 0.109 e. The van der Waals surface area contributed by atoms with Crippen LogP contribution in [-0.4, -0.2) is 10.3 Å². The van der Waals surface area contributed by atoms with Crippen LogP contribution >= 0.6 is 8.58 Å². The highest BCUT2D eigenvalue weighted by atomic mass is 31.1. The van der Waals surface area contributed by atoms with Gasteiger partial charge in [0.1, 0.15) is 0 Å². The Morgan fingerprint density at radius 1 is 0.517 bits per heavy atom. The average molecular weight is 415 g/mol. The molecule has 29 heavy (non-hydrogen) atoms. The van der Waals surface area contributed by atoms with Crippen LogP contribution in [0, 0.1) is 45.3 Å². The molecule has 0 aliphatic heterocycles. The molecule has 0 heterocycles. The number of hydrogen-bond donors (Lipinski definition) is 0. The zero-order chi connectivity index (χ0) is 20.5. The average Bonchev–Trinajstić information content (AvgIpc) is 2.48. The van der Waals surface area contributed by atoms with E-state index in [2.05, 4.69) is 41.5 Å². The summed E-state index contributed by atoms with van der Waals surface area (Å²) in [7, 11) is 1.30. The second-order valence-corrected chi connectivity index (χ2v) is 18.0. The zero-order valence-electron chi connectivity index (χ0n) is 20.3. The SMILES string of the molecule is CC(C)(C)C12CC3CC(CC(PC45CC6CC(C4)CC(C(C)(C)C)(C6)C5)(C3)C1)C2. The molecule has 0 nitrogen and oxygen atoms in total. The van der Waals surface area contributed by atoms with E-state index in [1.54, 1.807) is 77.0 Å². The minimum absolute atomic E-state index is 0.509. The van der Waals surface area contributed by atoms with Crippen molar-refractivity contribution in [2.45, 2.75) is 129 Å². The molecular formula is C28H47P. The molecule has 1 heteroatoms. The van der Waals surface area contributed by atoms with Gasteiger partial charge in [-0.15, -0.1) is 8.58 Å². The molecule has 0 radical (unpaired) electrons. The summed E-state index contributed by atoms with van der Waals surface area (Å²) in [6, 6.07) is 0. The molecule has 4 unspecified atom stereocenters. The fraction of sp³-hybridized carbons (Fsp3) is 1.00. The van der Waals surface area contributed by atoms with Crippen molar-refractivity contribution in [2.24, 2.45) is 45.3 Å². The Hall–Kier alpha value is 0.430. The van der Waals surface area contributed by atoms with E-state index in [1.807, 2.05) is 0 Å². The third-order valence-electron chi connectivity index (χ3n) is 11.8. The smallest absolute Gasteiger partial charge is 0.0106 e. The fourth-order valence-corrected chi connectivity index (χ4v) is 14.7. The van der Waals surface area contributed by atoms with Gasteiger partial charge in [-0.2, -0.15) is 0 Å². The standard InChI is InChI=1S/C28H47P/c1-23(2,3)25-9-19-7-20(10-25)14-27(13-19,17-25)29-28-15-21-8-22(16-28)12-26(11-21,18-28)24(4,5)6/h19-22,29H,7-18H2,1-6H3. The van der Waals surface area contributed by atoms with E-state index in [0.29, 0.717) is 21.7 Å². The molecular weight excluding hydrogens is 367 g/mol. The molecule has 0 N–H and O–H groups in total. The van der Waals surface area contributed by atoms with Crippen molar-refractivity contribution < 1.29 is 0 Å². The van der Waals surface area contributed by atoms with Crippen LogP contribution in [0.1, 0.15) is 119 Å². The van der Waals surface area contributed by atoms with Gasteiger partial charge >= 0.3 is 0 Å². The van der Waals surface area contributed by atoms with Crippen molar-refractivity contribution in [3.63, 3.8) is 0 Å². The summed E-state index contributed by atoms with van der Waals surface area (Å²) in [6.07, 6.45) is 19.2. The lowest BCUT2D eigenvalue weighted by Crippen LogP contribution is -2.62. The maximum Gasteiger partial charge on any atom is -0.0106 e. The maximum atomic E-state index is 2.59. The molecule has 164 valence electrons. The van der Waals surface area contributed by atoms with Gasteiger partial charge in [0.05, 0.1) is 0 Å². The second kappa shape index (κ2) is 5.67. The van der Waals surface area contributed by atoms with Crippen molar-refractivity contribution in [1.82, 2.24) is 0 Å². The molecule has 8 rings (SSSR count). The second-order valence-electron chi connectivity index (χ2n) is 15.7. The molecule has 8 bridgehead atoms. The number of hydrogen-bond acceptors (Lipinski definition) is 0. The Bertz CT molecular complexity index is 615. The molecule has 8 aliphatic carbocycles. The van der Waals surface area contributed by atoms with Gasteiger partial charge in [0, 0.05) is 0 Å². The van der Waals surface area contributed by atoms with Crippen LogP contribution in [0.25, 0.3) is 0 Å². The van der Waals surface area contributed by atoms with Crippen LogP contribution < -0.4 is 0 Å². The zero-order valence-corrected chi connectivity index (χ0v) is 21.3. The van der Waals surface area contributed by atoms with Crippen molar-refractivity contribution in [3.05, 3.63) is 0 Å². The molecule has 0 aromatic heterocycles. The van der Waals surface area contributed by atoms with E-state index in [1.165, 1.54) is 8.58 Å². The van der Waals surface area contributed by atoms with E-state index in [0.717, 1.165) is 34.0 Å². The van der Waals surface area contributed by atoms with Gasteiger partial charge in [-0.3, -0.25) is 0 Å². The minimum Gasteiger partial charge on any atom is -0.109 e. The van der Waals surface area contributed by atoms with E-state index in [-0.39, 0.29) is 0 Å². The molecule has 0 amide bonds. The summed E-state index contributed by atoms with van der Waals surface area (Å²) in [6.45, 7) is 15.6. The predicted molar refractivity (Wildman–Crippen MR) is 127 cm³/mol. The first-order chi connectivity index (χ1) is 13.3. The van der Waals surface area contributed by atoms with Gasteiger partial charge in [-0.1, -0.05) is 41.5 Å². The van der Waals surface area contributed by atoms with Crippen molar-refractivity contribution in [1.29, 1.82) is 0 Å². The first-order valence-corrected chi connectivity index (χ1v) is 14.1. The highest BCUT2D eigenvalue weighted by Crippen LogP contribution is 2.78. The monoisotopic (exact) mass is 414 g/mol. The van der Waals surface area contributed by atoms with E-state index in [9.17, 15) is 0 Å². The predicted octanol–water partition coefficient (Wildman–Crippen LogP) is 8.44. The minimum atomic E-state index is 0.509. The normalized spacial score (nSPS) is 56.1. The summed E-state index contributed by atoms with van der Waals surface area (Å²) in [5.74, 6) is 4.31. The van der Waals surface area contributed by atoms with E-state index >= 15 is 0 Å². The van der Waals surface area contributed by atoms with E-state index in [4.69, 9.17) is 0 Å². The number of rotatable bonds is 2. The molecule has 0 saturated heterocycles. The third-order valence-corrected chi connectivity index (χ3v) is 14.1. The molecule has 8 aliphatic rings. The molecule has 8 saturated carbocycles. The van der Waals surface area contributed by atoms with Gasteiger partial charge < -0.3 is 0 Å². The van der Waals surface area contributed by atoms with Crippen LogP contribution in [0.4, 0.5) is 0 Å². The maximum absolute atomic E-state index is 2.59. The van der Waals surface area contributed by atoms with Gasteiger partial charge in [0.2, 0.25) is 0 Å². The topological polar surface area (TPSA) is 0 Å². The lowest BCUT2D eigenvalue weighted by atomic mass is 9.43. The Morgan fingerprint density at radius 2 is 0.828 bits per heavy atom. The highest BCUT2D eigenvalue weighted by molar-refractivity contribution is 7.42.